The quantitative estimate of drug-likeness (QED) is 0.533. The Labute approximate surface area is 154 Å². The molecule has 0 radical (unpaired) electrons. The zero-order valence-corrected chi connectivity index (χ0v) is 14.4. The van der Waals surface area contributed by atoms with E-state index in [4.69, 9.17) is 0 Å². The predicted octanol–water partition coefficient (Wildman–Crippen LogP) is 2.84. The number of aromatic amines is 1. The van der Waals surface area contributed by atoms with Crippen molar-refractivity contribution in [1.29, 1.82) is 0 Å². The second-order valence-electron chi connectivity index (χ2n) is 5.89. The number of rotatable bonds is 5. The van der Waals surface area contributed by atoms with Gasteiger partial charge in [0.05, 0.1) is 11.0 Å². The second kappa shape index (κ2) is 7.61. The zero-order valence-electron chi connectivity index (χ0n) is 14.4. The second-order valence-corrected chi connectivity index (χ2v) is 5.89. The SMILES string of the molecule is C[C@H](NC(=O)c1cc(=O)[nH]c(-c2ccccc2)n1)c1ccc([N+](=O)[O-])cc1. The fourth-order valence-electron chi connectivity index (χ4n) is 2.55. The molecule has 0 aliphatic carbocycles. The molecule has 0 aliphatic heterocycles. The highest BCUT2D eigenvalue weighted by atomic mass is 16.6. The topological polar surface area (TPSA) is 118 Å². The number of carbonyl (C=O) groups is 1. The molecule has 0 unspecified atom stereocenters. The third-order valence-electron chi connectivity index (χ3n) is 3.97. The number of aromatic nitrogens is 2. The van der Waals surface area contributed by atoms with Crippen LogP contribution in [0.2, 0.25) is 0 Å². The summed E-state index contributed by atoms with van der Waals surface area (Å²) in [6, 6.07) is 15.6. The van der Waals surface area contributed by atoms with Crippen LogP contribution in [0.3, 0.4) is 0 Å². The van der Waals surface area contributed by atoms with E-state index in [0.29, 0.717) is 17.0 Å². The first kappa shape index (κ1) is 18.0. The van der Waals surface area contributed by atoms with Crippen molar-refractivity contribution in [3.05, 3.63) is 92.4 Å². The van der Waals surface area contributed by atoms with Gasteiger partial charge in [0.2, 0.25) is 0 Å². The van der Waals surface area contributed by atoms with Crippen LogP contribution in [0.4, 0.5) is 5.69 Å². The maximum atomic E-state index is 12.5. The number of carbonyl (C=O) groups excluding carboxylic acids is 1. The fourth-order valence-corrected chi connectivity index (χ4v) is 2.55. The number of hydrogen-bond donors (Lipinski definition) is 2. The third-order valence-corrected chi connectivity index (χ3v) is 3.97. The van der Waals surface area contributed by atoms with Crippen LogP contribution < -0.4 is 10.9 Å². The van der Waals surface area contributed by atoms with Crippen molar-refractivity contribution >= 4 is 11.6 Å². The summed E-state index contributed by atoms with van der Waals surface area (Å²) in [6.45, 7) is 1.74. The lowest BCUT2D eigenvalue weighted by atomic mass is 10.1. The van der Waals surface area contributed by atoms with Gasteiger partial charge in [-0.05, 0) is 12.5 Å². The van der Waals surface area contributed by atoms with Crippen LogP contribution in [0.5, 0.6) is 0 Å². The lowest BCUT2D eigenvalue weighted by Crippen LogP contribution is -2.29. The zero-order chi connectivity index (χ0) is 19.4. The third kappa shape index (κ3) is 4.24. The minimum atomic E-state index is -0.510. The Morgan fingerprint density at radius 1 is 1.15 bits per heavy atom. The average Bonchev–Trinajstić information content (AvgIpc) is 2.68. The molecule has 3 aromatic rings. The van der Waals surface area contributed by atoms with Crippen molar-refractivity contribution in [3.63, 3.8) is 0 Å². The van der Waals surface area contributed by atoms with Crippen molar-refractivity contribution in [3.8, 4) is 11.4 Å². The van der Waals surface area contributed by atoms with Gasteiger partial charge in [0.15, 0.2) is 0 Å². The van der Waals surface area contributed by atoms with E-state index in [1.54, 1.807) is 43.3 Å². The van der Waals surface area contributed by atoms with Crippen molar-refractivity contribution in [2.45, 2.75) is 13.0 Å². The largest absolute Gasteiger partial charge is 0.344 e. The molecule has 0 saturated carbocycles. The maximum Gasteiger partial charge on any atom is 0.270 e. The van der Waals surface area contributed by atoms with Gasteiger partial charge in [-0.15, -0.1) is 0 Å². The Bertz CT molecular complexity index is 1030. The monoisotopic (exact) mass is 364 g/mol. The molecule has 27 heavy (non-hydrogen) atoms. The number of amides is 1. The molecule has 3 rings (SSSR count). The first-order valence-electron chi connectivity index (χ1n) is 8.16. The van der Waals surface area contributed by atoms with Gasteiger partial charge in [0, 0.05) is 23.8 Å². The molecule has 136 valence electrons. The van der Waals surface area contributed by atoms with Gasteiger partial charge >= 0.3 is 0 Å². The fraction of sp³-hybridized carbons (Fsp3) is 0.105. The molecule has 8 nitrogen and oxygen atoms in total. The molecule has 0 spiro atoms. The van der Waals surface area contributed by atoms with Crippen molar-refractivity contribution < 1.29 is 9.72 Å². The van der Waals surface area contributed by atoms with E-state index in [9.17, 15) is 19.7 Å². The summed E-state index contributed by atoms with van der Waals surface area (Å²) in [5, 5.41) is 13.5. The molecular formula is C19H16N4O4. The van der Waals surface area contributed by atoms with Gasteiger partial charge in [0.25, 0.3) is 17.2 Å². The number of nitro benzene ring substituents is 1. The molecule has 8 heteroatoms. The minimum absolute atomic E-state index is 0.00800. The Balaban J connectivity index is 1.80. The van der Waals surface area contributed by atoms with Gasteiger partial charge < -0.3 is 10.3 Å². The molecule has 1 amide bonds. The number of H-pyrrole nitrogens is 1. The summed E-state index contributed by atoms with van der Waals surface area (Å²) < 4.78 is 0. The van der Waals surface area contributed by atoms with E-state index >= 15 is 0 Å². The molecule has 1 atom stereocenters. The number of benzene rings is 2. The predicted molar refractivity (Wildman–Crippen MR) is 99.3 cm³/mol. The molecule has 2 N–H and O–H groups in total. The highest BCUT2D eigenvalue weighted by molar-refractivity contribution is 5.92. The van der Waals surface area contributed by atoms with Crippen LogP contribution in [-0.2, 0) is 0 Å². The van der Waals surface area contributed by atoms with Crippen LogP contribution in [0.1, 0.15) is 29.0 Å². The van der Waals surface area contributed by atoms with Gasteiger partial charge in [-0.1, -0.05) is 42.5 Å². The van der Waals surface area contributed by atoms with E-state index < -0.39 is 22.4 Å². The minimum Gasteiger partial charge on any atom is -0.344 e. The van der Waals surface area contributed by atoms with Crippen LogP contribution in [0.15, 0.2) is 65.5 Å². The van der Waals surface area contributed by atoms with Crippen molar-refractivity contribution in [1.82, 2.24) is 15.3 Å². The Hall–Kier alpha value is -3.81. The molecule has 0 fully saturated rings. The first-order valence-corrected chi connectivity index (χ1v) is 8.16. The van der Waals surface area contributed by atoms with Gasteiger partial charge in [-0.3, -0.25) is 19.7 Å². The number of hydrogen-bond acceptors (Lipinski definition) is 5. The Morgan fingerprint density at radius 3 is 2.44 bits per heavy atom. The van der Waals surface area contributed by atoms with Gasteiger partial charge in [-0.25, -0.2) is 4.98 Å². The summed E-state index contributed by atoms with van der Waals surface area (Å²) in [5.74, 6) is -0.208. The number of nitrogens with zero attached hydrogens (tertiary/aromatic N) is 2. The van der Waals surface area contributed by atoms with Gasteiger partial charge in [-0.2, -0.15) is 0 Å². The van der Waals surface area contributed by atoms with Crippen LogP contribution in [-0.4, -0.2) is 20.8 Å². The van der Waals surface area contributed by atoms with Crippen LogP contribution in [0.25, 0.3) is 11.4 Å². The van der Waals surface area contributed by atoms with Crippen molar-refractivity contribution in [2.75, 3.05) is 0 Å². The summed E-state index contributed by atoms with van der Waals surface area (Å²) in [4.78, 5) is 41.5. The smallest absolute Gasteiger partial charge is 0.270 e. The van der Waals surface area contributed by atoms with E-state index in [0.717, 1.165) is 6.07 Å². The lowest BCUT2D eigenvalue weighted by molar-refractivity contribution is -0.384. The van der Waals surface area contributed by atoms with E-state index in [1.807, 2.05) is 6.07 Å². The van der Waals surface area contributed by atoms with Crippen LogP contribution in [0, 0.1) is 10.1 Å². The summed E-state index contributed by atoms with van der Waals surface area (Å²) in [6.07, 6.45) is 0. The average molecular weight is 364 g/mol. The lowest BCUT2D eigenvalue weighted by Gasteiger charge is -2.14. The molecule has 1 aromatic heterocycles. The number of nitro groups is 1. The Morgan fingerprint density at radius 2 is 1.81 bits per heavy atom. The summed E-state index contributed by atoms with van der Waals surface area (Å²) in [5.41, 5.74) is 0.916. The molecule has 0 saturated heterocycles. The van der Waals surface area contributed by atoms with E-state index in [-0.39, 0.29) is 11.4 Å². The molecular weight excluding hydrogens is 348 g/mol. The molecule has 2 aromatic carbocycles. The highest BCUT2D eigenvalue weighted by Crippen LogP contribution is 2.18. The summed E-state index contributed by atoms with van der Waals surface area (Å²) in [7, 11) is 0. The molecule has 0 bridgehead atoms. The molecule has 1 heterocycles. The molecule has 0 aliphatic rings. The Kier molecular flexibility index (Phi) is 5.07. The maximum absolute atomic E-state index is 12.5. The number of non-ortho nitro benzene ring substituents is 1. The van der Waals surface area contributed by atoms with E-state index in [1.165, 1.54) is 12.1 Å². The summed E-state index contributed by atoms with van der Waals surface area (Å²) >= 11 is 0. The first-order chi connectivity index (χ1) is 12.9. The van der Waals surface area contributed by atoms with Crippen molar-refractivity contribution in [2.24, 2.45) is 0 Å². The van der Waals surface area contributed by atoms with Crippen LogP contribution >= 0.6 is 0 Å². The van der Waals surface area contributed by atoms with Gasteiger partial charge in [0.1, 0.15) is 11.5 Å². The van der Waals surface area contributed by atoms with E-state index in [2.05, 4.69) is 15.3 Å². The normalized spacial score (nSPS) is 11.6. The highest BCUT2D eigenvalue weighted by Gasteiger charge is 2.16. The number of nitrogens with one attached hydrogen (secondary N) is 2. The standard InChI is InChI=1S/C19H16N4O4/c1-12(13-7-9-15(10-8-13)23(26)27)20-19(25)16-11-17(24)22-18(21-16)14-5-3-2-4-6-14/h2-12H,1H3,(H,20,25)(H,21,22,24)/t12-/m0/s1.